The van der Waals surface area contributed by atoms with Crippen LogP contribution >= 0.6 is 0 Å². The van der Waals surface area contributed by atoms with Gasteiger partial charge in [-0.1, -0.05) is 36.4 Å². The van der Waals surface area contributed by atoms with Crippen molar-refractivity contribution in [3.05, 3.63) is 95.3 Å². The number of hydrogen-bond acceptors (Lipinski definition) is 3. The van der Waals surface area contributed by atoms with Gasteiger partial charge in [-0.05, 0) is 67.3 Å². The summed E-state index contributed by atoms with van der Waals surface area (Å²) in [4.78, 5) is 17.6. The highest BCUT2D eigenvalue weighted by molar-refractivity contribution is 6.06. The maximum Gasteiger partial charge on any atom is 0.258 e. The van der Waals surface area contributed by atoms with Gasteiger partial charge in [-0.2, -0.15) is 0 Å². The number of methoxy groups -OCH3 is 1. The number of anilines is 1. The fraction of sp³-hybridized carbons (Fsp3) is 0.296. The molecule has 0 radical (unpaired) electrons. The lowest BCUT2D eigenvalue weighted by molar-refractivity contribution is 0.0958. The molecule has 0 aromatic heterocycles. The largest absolute Gasteiger partial charge is 0.497 e. The zero-order chi connectivity index (χ0) is 22.5. The Labute approximate surface area is 189 Å². The number of carbonyl (C=O) groups is 1. The monoisotopic (exact) mass is 432 g/mol. The number of benzene rings is 3. The zero-order valence-electron chi connectivity index (χ0n) is 18.6. The molecule has 0 aliphatic carbocycles. The molecule has 1 aliphatic heterocycles. The number of likely N-dealkylation sites (tertiary alicyclic amines) is 1. The molecule has 166 valence electrons. The number of nitrogens with zero attached hydrogens (tertiary/aromatic N) is 2. The zero-order valence-corrected chi connectivity index (χ0v) is 18.6. The van der Waals surface area contributed by atoms with Gasteiger partial charge in [0, 0.05) is 36.9 Å². The summed E-state index contributed by atoms with van der Waals surface area (Å²) in [7, 11) is 1.67. The molecule has 0 bridgehead atoms. The predicted octanol–water partition coefficient (Wildman–Crippen LogP) is 5.45. The van der Waals surface area contributed by atoms with Gasteiger partial charge in [0.25, 0.3) is 5.91 Å². The Bertz CT molecular complexity index is 1050. The molecular weight excluding hydrogens is 403 g/mol. The van der Waals surface area contributed by atoms with E-state index in [4.69, 9.17) is 4.74 Å². The van der Waals surface area contributed by atoms with Crippen LogP contribution in [0.15, 0.2) is 72.8 Å². The summed E-state index contributed by atoms with van der Waals surface area (Å²) in [5, 5.41) is 0. The lowest BCUT2D eigenvalue weighted by Crippen LogP contribution is -2.47. The van der Waals surface area contributed by atoms with Crippen LogP contribution in [0.3, 0.4) is 0 Å². The molecule has 1 heterocycles. The van der Waals surface area contributed by atoms with Gasteiger partial charge in [0.15, 0.2) is 0 Å². The standard InChI is InChI=1S/C27H29FN2O2/c1-20-8-11-24(18-26(20)28)30(27(31)22-6-4-3-5-7-22)23-14-16-29(17-15-23)19-21-9-12-25(32-2)13-10-21/h3-13,18,23H,14-17,19H2,1-2H3. The van der Waals surface area contributed by atoms with E-state index in [2.05, 4.69) is 17.0 Å². The van der Waals surface area contributed by atoms with E-state index in [1.807, 2.05) is 48.5 Å². The third-order valence-corrected chi connectivity index (χ3v) is 6.16. The van der Waals surface area contributed by atoms with Crippen LogP contribution in [0.4, 0.5) is 10.1 Å². The summed E-state index contributed by atoms with van der Waals surface area (Å²) in [6, 6.07) is 22.5. The highest BCUT2D eigenvalue weighted by Crippen LogP contribution is 2.28. The quantitative estimate of drug-likeness (QED) is 0.519. The molecule has 0 N–H and O–H groups in total. The van der Waals surface area contributed by atoms with E-state index in [0.29, 0.717) is 16.8 Å². The highest BCUT2D eigenvalue weighted by Gasteiger charge is 2.30. The number of aryl methyl sites for hydroxylation is 1. The molecule has 0 unspecified atom stereocenters. The number of carbonyl (C=O) groups excluding carboxylic acids is 1. The number of hydrogen-bond donors (Lipinski definition) is 0. The molecule has 0 atom stereocenters. The summed E-state index contributed by atoms with van der Waals surface area (Å²) in [6.07, 6.45) is 1.68. The van der Waals surface area contributed by atoms with Crippen LogP contribution in [0.25, 0.3) is 0 Å². The van der Waals surface area contributed by atoms with Crippen LogP contribution in [-0.4, -0.2) is 37.0 Å². The first-order chi connectivity index (χ1) is 15.5. The molecule has 1 amide bonds. The first kappa shape index (κ1) is 22.0. The second-order valence-electron chi connectivity index (χ2n) is 8.33. The van der Waals surface area contributed by atoms with Gasteiger partial charge in [-0.25, -0.2) is 4.39 Å². The number of ether oxygens (including phenoxy) is 1. The number of amides is 1. The van der Waals surface area contributed by atoms with Crippen LogP contribution in [0.2, 0.25) is 0 Å². The Hall–Kier alpha value is -3.18. The lowest BCUT2D eigenvalue weighted by atomic mass is 9.99. The smallest absolute Gasteiger partial charge is 0.258 e. The fourth-order valence-corrected chi connectivity index (χ4v) is 4.27. The van der Waals surface area contributed by atoms with E-state index < -0.39 is 0 Å². The summed E-state index contributed by atoms with van der Waals surface area (Å²) in [5.41, 5.74) is 3.06. The van der Waals surface area contributed by atoms with Crippen molar-refractivity contribution in [1.82, 2.24) is 4.90 Å². The summed E-state index contributed by atoms with van der Waals surface area (Å²) in [5.74, 6) is 0.487. The van der Waals surface area contributed by atoms with Crippen molar-refractivity contribution in [2.24, 2.45) is 0 Å². The summed E-state index contributed by atoms with van der Waals surface area (Å²) in [6.45, 7) is 4.36. The van der Waals surface area contributed by atoms with E-state index in [1.54, 1.807) is 25.0 Å². The highest BCUT2D eigenvalue weighted by atomic mass is 19.1. The third-order valence-electron chi connectivity index (χ3n) is 6.16. The molecule has 3 aromatic carbocycles. The molecule has 0 saturated carbocycles. The molecule has 1 aliphatic rings. The Morgan fingerprint density at radius 1 is 1.03 bits per heavy atom. The van der Waals surface area contributed by atoms with Crippen molar-refractivity contribution in [1.29, 1.82) is 0 Å². The Kier molecular flexibility index (Phi) is 6.86. The molecule has 1 saturated heterocycles. The van der Waals surface area contributed by atoms with E-state index >= 15 is 0 Å². The number of piperidine rings is 1. The molecule has 0 spiro atoms. The van der Waals surface area contributed by atoms with Crippen LogP contribution in [0.5, 0.6) is 5.75 Å². The van der Waals surface area contributed by atoms with Gasteiger partial charge in [0.05, 0.1) is 7.11 Å². The lowest BCUT2D eigenvalue weighted by Gasteiger charge is -2.38. The maximum atomic E-state index is 14.4. The van der Waals surface area contributed by atoms with Gasteiger partial charge in [0.2, 0.25) is 0 Å². The number of halogens is 1. The molecule has 32 heavy (non-hydrogen) atoms. The Morgan fingerprint density at radius 2 is 1.72 bits per heavy atom. The van der Waals surface area contributed by atoms with Crippen molar-refractivity contribution in [3.63, 3.8) is 0 Å². The van der Waals surface area contributed by atoms with Crippen LogP contribution < -0.4 is 9.64 Å². The first-order valence-corrected chi connectivity index (χ1v) is 11.0. The van der Waals surface area contributed by atoms with E-state index in [1.165, 1.54) is 11.6 Å². The van der Waals surface area contributed by atoms with Crippen LogP contribution in [0, 0.1) is 12.7 Å². The average Bonchev–Trinajstić information content (AvgIpc) is 2.83. The predicted molar refractivity (Wildman–Crippen MR) is 126 cm³/mol. The van der Waals surface area contributed by atoms with Gasteiger partial charge in [0.1, 0.15) is 11.6 Å². The van der Waals surface area contributed by atoms with Gasteiger partial charge in [-0.15, -0.1) is 0 Å². The minimum atomic E-state index is -0.287. The van der Waals surface area contributed by atoms with E-state index in [-0.39, 0.29) is 17.8 Å². The molecule has 4 rings (SSSR count). The van der Waals surface area contributed by atoms with Crippen LogP contribution in [0.1, 0.15) is 34.3 Å². The Morgan fingerprint density at radius 3 is 2.34 bits per heavy atom. The molecule has 3 aromatic rings. The van der Waals surface area contributed by atoms with Crippen molar-refractivity contribution < 1.29 is 13.9 Å². The molecular formula is C27H29FN2O2. The maximum absolute atomic E-state index is 14.4. The molecule has 4 nitrogen and oxygen atoms in total. The summed E-state index contributed by atoms with van der Waals surface area (Å²) < 4.78 is 19.6. The van der Waals surface area contributed by atoms with Crippen molar-refractivity contribution in [2.45, 2.75) is 32.4 Å². The summed E-state index contributed by atoms with van der Waals surface area (Å²) >= 11 is 0. The second kappa shape index (κ2) is 9.96. The third kappa shape index (κ3) is 5.00. The van der Waals surface area contributed by atoms with Crippen molar-refractivity contribution in [2.75, 3.05) is 25.1 Å². The molecule has 1 fully saturated rings. The van der Waals surface area contributed by atoms with Crippen molar-refractivity contribution in [3.8, 4) is 5.75 Å². The minimum absolute atomic E-state index is 0.0249. The van der Waals surface area contributed by atoms with Crippen LogP contribution in [-0.2, 0) is 6.54 Å². The van der Waals surface area contributed by atoms with E-state index in [0.717, 1.165) is 38.2 Å². The average molecular weight is 433 g/mol. The number of rotatable bonds is 6. The topological polar surface area (TPSA) is 32.8 Å². The fourth-order valence-electron chi connectivity index (χ4n) is 4.27. The Balaban J connectivity index is 1.50. The van der Waals surface area contributed by atoms with Gasteiger partial charge < -0.3 is 9.64 Å². The van der Waals surface area contributed by atoms with Gasteiger partial charge >= 0.3 is 0 Å². The van der Waals surface area contributed by atoms with E-state index in [9.17, 15) is 9.18 Å². The van der Waals surface area contributed by atoms with Crippen molar-refractivity contribution >= 4 is 11.6 Å². The molecule has 5 heteroatoms. The first-order valence-electron chi connectivity index (χ1n) is 11.0. The minimum Gasteiger partial charge on any atom is -0.497 e. The van der Waals surface area contributed by atoms with Gasteiger partial charge in [-0.3, -0.25) is 9.69 Å². The second-order valence-corrected chi connectivity index (χ2v) is 8.33. The SMILES string of the molecule is COc1ccc(CN2CCC(N(C(=O)c3ccccc3)c3ccc(C)c(F)c3)CC2)cc1. The normalized spacial score (nSPS) is 14.8.